The Balaban J connectivity index is 2.28. The normalized spacial score (nSPS) is 9.57. The number of aryl methyl sites for hydroxylation is 1. The number of nitrogens with one attached hydrogen (secondary N) is 1. The van der Waals surface area contributed by atoms with Crippen molar-refractivity contribution in [3.05, 3.63) is 18.0 Å². The van der Waals surface area contributed by atoms with E-state index in [4.69, 9.17) is 4.74 Å². The fraction of sp³-hybridized carbons (Fsp3) is 0.444. The van der Waals surface area contributed by atoms with Gasteiger partial charge < -0.3 is 10.1 Å². The minimum absolute atomic E-state index is 0.0768. The first-order chi connectivity index (χ1) is 6.68. The standard InChI is InChI=1S/C9H12N3O2/c1-7-3-4-11-9(12-7)14-6-5-10-8(2)13/h4H,5-6H2,1-2H3,(H,10,13). The number of carbonyl (C=O) groups is 1. The van der Waals surface area contributed by atoms with Crippen LogP contribution < -0.4 is 10.1 Å². The molecule has 0 aliphatic rings. The van der Waals surface area contributed by atoms with Crippen LogP contribution in [0.4, 0.5) is 0 Å². The highest BCUT2D eigenvalue weighted by Gasteiger charge is 1.97. The Morgan fingerprint density at radius 2 is 2.50 bits per heavy atom. The van der Waals surface area contributed by atoms with Gasteiger partial charge in [0.15, 0.2) is 0 Å². The quantitative estimate of drug-likeness (QED) is 0.690. The van der Waals surface area contributed by atoms with E-state index in [-0.39, 0.29) is 5.91 Å². The zero-order valence-corrected chi connectivity index (χ0v) is 8.20. The van der Waals surface area contributed by atoms with Gasteiger partial charge in [-0.2, -0.15) is 4.98 Å². The highest BCUT2D eigenvalue weighted by Crippen LogP contribution is 1.99. The van der Waals surface area contributed by atoms with Crippen LogP contribution in [0, 0.1) is 13.0 Å². The Labute approximate surface area is 82.5 Å². The summed E-state index contributed by atoms with van der Waals surface area (Å²) in [6, 6.07) is 3.12. The zero-order chi connectivity index (χ0) is 10.4. The maximum atomic E-state index is 10.5. The first-order valence-electron chi connectivity index (χ1n) is 4.27. The highest BCUT2D eigenvalue weighted by atomic mass is 16.5. The molecule has 0 aliphatic heterocycles. The smallest absolute Gasteiger partial charge is 0.316 e. The Morgan fingerprint density at radius 3 is 3.14 bits per heavy atom. The molecule has 5 nitrogen and oxygen atoms in total. The molecule has 0 atom stereocenters. The molecule has 75 valence electrons. The average molecular weight is 194 g/mol. The van der Waals surface area contributed by atoms with E-state index in [1.54, 1.807) is 0 Å². The second-order valence-electron chi connectivity index (χ2n) is 2.71. The van der Waals surface area contributed by atoms with Crippen molar-refractivity contribution in [3.8, 4) is 6.01 Å². The minimum Gasteiger partial charge on any atom is -0.462 e. The van der Waals surface area contributed by atoms with Crippen molar-refractivity contribution in [2.24, 2.45) is 0 Å². The van der Waals surface area contributed by atoms with Crippen LogP contribution in [0.2, 0.25) is 0 Å². The lowest BCUT2D eigenvalue weighted by Crippen LogP contribution is -2.25. The van der Waals surface area contributed by atoms with Crippen LogP contribution in [0.5, 0.6) is 6.01 Å². The molecule has 0 aromatic carbocycles. The number of carbonyl (C=O) groups excluding carboxylic acids is 1. The number of nitrogens with zero attached hydrogens (tertiary/aromatic N) is 2. The summed E-state index contributed by atoms with van der Waals surface area (Å²) in [5.41, 5.74) is 0.731. The molecule has 14 heavy (non-hydrogen) atoms. The number of hydrogen-bond donors (Lipinski definition) is 1. The fourth-order valence-corrected chi connectivity index (χ4v) is 0.824. The van der Waals surface area contributed by atoms with Gasteiger partial charge in [-0.3, -0.25) is 4.79 Å². The zero-order valence-electron chi connectivity index (χ0n) is 8.20. The summed E-state index contributed by atoms with van der Waals surface area (Å²) in [5, 5.41) is 2.60. The van der Waals surface area contributed by atoms with Crippen molar-refractivity contribution in [1.82, 2.24) is 15.3 Å². The SMILES string of the molecule is CC(=O)NCCOc1nc[c]c(C)n1. The van der Waals surface area contributed by atoms with E-state index >= 15 is 0 Å². The maximum Gasteiger partial charge on any atom is 0.316 e. The highest BCUT2D eigenvalue weighted by molar-refractivity contribution is 5.72. The summed E-state index contributed by atoms with van der Waals surface area (Å²) in [6.45, 7) is 4.08. The average Bonchev–Trinajstić information content (AvgIpc) is 2.12. The second kappa shape index (κ2) is 5.16. The van der Waals surface area contributed by atoms with Gasteiger partial charge in [-0.25, -0.2) is 4.98 Å². The second-order valence-corrected chi connectivity index (χ2v) is 2.71. The summed E-state index contributed by atoms with van der Waals surface area (Å²) in [5.74, 6) is -0.0768. The molecule has 1 amide bonds. The molecule has 0 saturated heterocycles. The predicted octanol–water partition coefficient (Wildman–Crippen LogP) is 0.100. The Kier molecular flexibility index (Phi) is 3.84. The third-order valence-electron chi connectivity index (χ3n) is 1.42. The van der Waals surface area contributed by atoms with E-state index in [1.807, 2.05) is 6.92 Å². The van der Waals surface area contributed by atoms with Crippen LogP contribution in [0.25, 0.3) is 0 Å². The van der Waals surface area contributed by atoms with Crippen LogP contribution in [0.1, 0.15) is 12.6 Å². The molecule has 0 spiro atoms. The van der Waals surface area contributed by atoms with Gasteiger partial charge in [-0.15, -0.1) is 0 Å². The summed E-state index contributed by atoms with van der Waals surface area (Å²) < 4.78 is 5.18. The molecule has 1 rings (SSSR count). The first kappa shape index (κ1) is 10.4. The van der Waals surface area contributed by atoms with Crippen molar-refractivity contribution in [2.75, 3.05) is 13.2 Å². The lowest BCUT2D eigenvalue weighted by molar-refractivity contribution is -0.119. The summed E-state index contributed by atoms with van der Waals surface area (Å²) in [6.07, 6.45) is 1.51. The molecule has 1 N–H and O–H groups in total. The number of amides is 1. The van der Waals surface area contributed by atoms with Crippen LogP contribution in [-0.2, 0) is 4.79 Å². The van der Waals surface area contributed by atoms with Crippen molar-refractivity contribution < 1.29 is 9.53 Å². The maximum absolute atomic E-state index is 10.5. The lowest BCUT2D eigenvalue weighted by atomic mass is 10.5. The van der Waals surface area contributed by atoms with Crippen molar-refractivity contribution >= 4 is 5.91 Å². The minimum atomic E-state index is -0.0768. The number of ether oxygens (including phenoxy) is 1. The largest absolute Gasteiger partial charge is 0.462 e. The summed E-state index contributed by atoms with van der Waals surface area (Å²) >= 11 is 0. The molecule has 1 aromatic rings. The van der Waals surface area contributed by atoms with E-state index in [9.17, 15) is 4.79 Å². The van der Waals surface area contributed by atoms with E-state index in [0.29, 0.717) is 19.2 Å². The van der Waals surface area contributed by atoms with E-state index < -0.39 is 0 Å². The van der Waals surface area contributed by atoms with Gasteiger partial charge in [0.05, 0.1) is 12.2 Å². The van der Waals surface area contributed by atoms with Gasteiger partial charge >= 0.3 is 6.01 Å². The van der Waals surface area contributed by atoms with Crippen molar-refractivity contribution in [1.29, 1.82) is 0 Å². The monoisotopic (exact) mass is 194 g/mol. The molecule has 1 radical (unpaired) electrons. The Morgan fingerprint density at radius 1 is 1.71 bits per heavy atom. The number of rotatable bonds is 4. The molecule has 5 heteroatoms. The van der Waals surface area contributed by atoms with Gasteiger partial charge in [0.2, 0.25) is 5.91 Å². The number of hydrogen-bond acceptors (Lipinski definition) is 4. The van der Waals surface area contributed by atoms with E-state index in [2.05, 4.69) is 21.4 Å². The van der Waals surface area contributed by atoms with Gasteiger partial charge in [0.25, 0.3) is 0 Å². The topological polar surface area (TPSA) is 64.1 Å². The van der Waals surface area contributed by atoms with Gasteiger partial charge in [0, 0.05) is 19.2 Å². The molecule has 1 aromatic heterocycles. The Hall–Kier alpha value is -1.65. The van der Waals surface area contributed by atoms with Gasteiger partial charge in [0.1, 0.15) is 6.61 Å². The van der Waals surface area contributed by atoms with Gasteiger partial charge in [-0.05, 0) is 6.92 Å². The molecule has 0 saturated carbocycles. The third-order valence-corrected chi connectivity index (χ3v) is 1.42. The van der Waals surface area contributed by atoms with Crippen molar-refractivity contribution in [2.45, 2.75) is 13.8 Å². The third kappa shape index (κ3) is 3.84. The van der Waals surface area contributed by atoms with E-state index in [1.165, 1.54) is 13.1 Å². The predicted molar refractivity (Wildman–Crippen MR) is 49.8 cm³/mol. The summed E-state index contributed by atoms with van der Waals surface area (Å²) in [4.78, 5) is 18.3. The molecular formula is C9H12N3O2. The van der Waals surface area contributed by atoms with Crippen LogP contribution in [-0.4, -0.2) is 29.0 Å². The molecule has 1 heterocycles. The fourth-order valence-electron chi connectivity index (χ4n) is 0.824. The first-order valence-corrected chi connectivity index (χ1v) is 4.27. The van der Waals surface area contributed by atoms with Crippen LogP contribution >= 0.6 is 0 Å². The summed E-state index contributed by atoms with van der Waals surface area (Å²) in [7, 11) is 0. The van der Waals surface area contributed by atoms with Crippen molar-refractivity contribution in [3.63, 3.8) is 0 Å². The van der Waals surface area contributed by atoms with Crippen LogP contribution in [0.15, 0.2) is 6.20 Å². The Bertz CT molecular complexity index is 315. The molecule has 0 bridgehead atoms. The number of aromatic nitrogens is 2. The molecule has 0 fully saturated rings. The van der Waals surface area contributed by atoms with E-state index in [0.717, 1.165) is 5.69 Å². The molecule has 0 unspecified atom stereocenters. The lowest BCUT2D eigenvalue weighted by Gasteiger charge is -2.04. The van der Waals surface area contributed by atoms with Gasteiger partial charge in [-0.1, -0.05) is 0 Å². The molecular weight excluding hydrogens is 182 g/mol. The molecule has 0 aliphatic carbocycles. The van der Waals surface area contributed by atoms with Crippen LogP contribution in [0.3, 0.4) is 0 Å².